The number of aliphatic carboxylic acids is 1. The molecule has 0 spiro atoms. The molecule has 1 saturated carbocycles. The maximum absolute atomic E-state index is 11.1. The van der Waals surface area contributed by atoms with E-state index in [4.69, 9.17) is 5.11 Å². The van der Waals surface area contributed by atoms with Crippen molar-refractivity contribution in [3.63, 3.8) is 0 Å². The quantitative estimate of drug-likeness (QED) is 0.684. The molecule has 3 heteroatoms. The van der Waals surface area contributed by atoms with Crippen LogP contribution in [0.2, 0.25) is 0 Å². The zero-order chi connectivity index (χ0) is 10.6. The molecule has 0 aromatic rings. The van der Waals surface area contributed by atoms with E-state index in [-0.39, 0.29) is 12.0 Å². The Balaban J connectivity index is 2.59. The molecule has 0 radical (unpaired) electrons. The van der Waals surface area contributed by atoms with Gasteiger partial charge < -0.3 is 10.4 Å². The van der Waals surface area contributed by atoms with Crippen LogP contribution in [0.1, 0.15) is 46.0 Å². The van der Waals surface area contributed by atoms with Gasteiger partial charge in [0.1, 0.15) is 0 Å². The SMILES string of the molecule is CC(C)NC1CCCCCC1C(=O)O. The lowest BCUT2D eigenvalue weighted by Gasteiger charge is -2.25. The molecule has 1 fully saturated rings. The summed E-state index contributed by atoms with van der Waals surface area (Å²) >= 11 is 0. The fourth-order valence-corrected chi connectivity index (χ4v) is 2.23. The third-order valence-corrected chi connectivity index (χ3v) is 2.88. The van der Waals surface area contributed by atoms with E-state index in [1.54, 1.807) is 0 Å². The van der Waals surface area contributed by atoms with Crippen molar-refractivity contribution in [2.45, 2.75) is 58.0 Å². The molecular weight excluding hydrogens is 178 g/mol. The van der Waals surface area contributed by atoms with Crippen LogP contribution in [0.3, 0.4) is 0 Å². The van der Waals surface area contributed by atoms with Crippen LogP contribution in [0.4, 0.5) is 0 Å². The molecule has 2 N–H and O–H groups in total. The summed E-state index contributed by atoms with van der Waals surface area (Å²) in [6.07, 6.45) is 5.25. The average Bonchev–Trinajstić information content (AvgIpc) is 2.28. The first-order valence-corrected chi connectivity index (χ1v) is 5.60. The number of hydrogen-bond acceptors (Lipinski definition) is 2. The highest BCUT2D eigenvalue weighted by Crippen LogP contribution is 2.24. The molecule has 0 saturated heterocycles. The lowest BCUT2D eigenvalue weighted by Crippen LogP contribution is -2.42. The van der Waals surface area contributed by atoms with Crippen LogP contribution in [0.5, 0.6) is 0 Å². The molecule has 0 aromatic heterocycles. The number of nitrogens with one attached hydrogen (secondary N) is 1. The first-order chi connectivity index (χ1) is 6.61. The predicted molar refractivity (Wildman–Crippen MR) is 56.3 cm³/mol. The molecule has 0 heterocycles. The second-order valence-corrected chi connectivity index (χ2v) is 4.51. The highest BCUT2D eigenvalue weighted by molar-refractivity contribution is 5.70. The number of carboxylic acid groups (broad SMARTS) is 1. The van der Waals surface area contributed by atoms with Crippen molar-refractivity contribution in [1.29, 1.82) is 0 Å². The molecule has 1 aliphatic carbocycles. The minimum Gasteiger partial charge on any atom is -0.481 e. The van der Waals surface area contributed by atoms with Crippen molar-refractivity contribution in [3.05, 3.63) is 0 Å². The van der Waals surface area contributed by atoms with Gasteiger partial charge in [-0.2, -0.15) is 0 Å². The van der Waals surface area contributed by atoms with Gasteiger partial charge in [-0.15, -0.1) is 0 Å². The summed E-state index contributed by atoms with van der Waals surface area (Å²) in [6, 6.07) is 0.551. The van der Waals surface area contributed by atoms with Crippen LogP contribution in [-0.4, -0.2) is 23.2 Å². The fraction of sp³-hybridized carbons (Fsp3) is 0.909. The third kappa shape index (κ3) is 3.29. The Labute approximate surface area is 85.9 Å². The Morgan fingerprint density at radius 1 is 1.29 bits per heavy atom. The Kier molecular flexibility index (Phi) is 4.39. The normalized spacial score (nSPS) is 28.8. The topological polar surface area (TPSA) is 49.3 Å². The van der Waals surface area contributed by atoms with E-state index in [0.29, 0.717) is 6.04 Å². The molecule has 0 aliphatic heterocycles. The summed E-state index contributed by atoms with van der Waals surface area (Å²) in [7, 11) is 0. The number of hydrogen-bond donors (Lipinski definition) is 2. The van der Waals surface area contributed by atoms with E-state index in [2.05, 4.69) is 19.2 Å². The molecule has 82 valence electrons. The third-order valence-electron chi connectivity index (χ3n) is 2.88. The van der Waals surface area contributed by atoms with Crippen molar-refractivity contribution in [2.75, 3.05) is 0 Å². The first-order valence-electron chi connectivity index (χ1n) is 5.60. The van der Waals surface area contributed by atoms with E-state index in [0.717, 1.165) is 25.7 Å². The molecule has 0 bridgehead atoms. The van der Waals surface area contributed by atoms with Crippen molar-refractivity contribution < 1.29 is 9.90 Å². The molecule has 2 atom stereocenters. The van der Waals surface area contributed by atoms with E-state index in [1.165, 1.54) is 6.42 Å². The zero-order valence-corrected chi connectivity index (χ0v) is 9.12. The number of rotatable bonds is 3. The Bertz CT molecular complexity index is 192. The summed E-state index contributed by atoms with van der Waals surface area (Å²) in [5.74, 6) is -0.815. The summed E-state index contributed by atoms with van der Waals surface area (Å²) in [6.45, 7) is 4.15. The van der Waals surface area contributed by atoms with Crippen LogP contribution in [0, 0.1) is 5.92 Å². The average molecular weight is 199 g/mol. The van der Waals surface area contributed by atoms with E-state index >= 15 is 0 Å². The molecule has 0 amide bonds. The molecule has 1 aliphatic rings. The van der Waals surface area contributed by atoms with Gasteiger partial charge in [0.25, 0.3) is 0 Å². The smallest absolute Gasteiger partial charge is 0.308 e. The summed E-state index contributed by atoms with van der Waals surface area (Å²) in [4.78, 5) is 11.1. The lowest BCUT2D eigenvalue weighted by atomic mass is 9.94. The van der Waals surface area contributed by atoms with Crippen LogP contribution in [0.25, 0.3) is 0 Å². The molecule has 1 rings (SSSR count). The van der Waals surface area contributed by atoms with Gasteiger partial charge in [0.15, 0.2) is 0 Å². The van der Waals surface area contributed by atoms with Crippen LogP contribution in [0.15, 0.2) is 0 Å². The van der Waals surface area contributed by atoms with Gasteiger partial charge in [-0.25, -0.2) is 0 Å². The lowest BCUT2D eigenvalue weighted by molar-refractivity contribution is -0.143. The second kappa shape index (κ2) is 5.35. The van der Waals surface area contributed by atoms with Crippen molar-refractivity contribution in [2.24, 2.45) is 5.92 Å². The summed E-state index contributed by atoms with van der Waals surface area (Å²) < 4.78 is 0. The van der Waals surface area contributed by atoms with Gasteiger partial charge in [0, 0.05) is 12.1 Å². The highest BCUT2D eigenvalue weighted by atomic mass is 16.4. The van der Waals surface area contributed by atoms with Crippen LogP contribution < -0.4 is 5.32 Å². The number of carboxylic acids is 1. The van der Waals surface area contributed by atoms with E-state index in [1.807, 2.05) is 0 Å². The fourth-order valence-electron chi connectivity index (χ4n) is 2.23. The van der Waals surface area contributed by atoms with Crippen molar-refractivity contribution in [3.8, 4) is 0 Å². The number of carbonyl (C=O) groups is 1. The van der Waals surface area contributed by atoms with Gasteiger partial charge in [-0.05, 0) is 12.8 Å². The Morgan fingerprint density at radius 3 is 2.50 bits per heavy atom. The predicted octanol–water partition coefficient (Wildman–Crippen LogP) is 2.02. The largest absolute Gasteiger partial charge is 0.481 e. The van der Waals surface area contributed by atoms with Gasteiger partial charge >= 0.3 is 5.97 Å². The zero-order valence-electron chi connectivity index (χ0n) is 9.12. The van der Waals surface area contributed by atoms with Gasteiger partial charge in [-0.3, -0.25) is 4.79 Å². The van der Waals surface area contributed by atoms with Crippen molar-refractivity contribution >= 4 is 5.97 Å². The van der Waals surface area contributed by atoms with Crippen LogP contribution in [-0.2, 0) is 4.79 Å². The maximum atomic E-state index is 11.1. The van der Waals surface area contributed by atoms with Crippen molar-refractivity contribution in [1.82, 2.24) is 5.32 Å². The molecular formula is C11H21NO2. The van der Waals surface area contributed by atoms with E-state index in [9.17, 15) is 4.79 Å². The minimum absolute atomic E-state index is 0.176. The summed E-state index contributed by atoms with van der Waals surface area (Å²) in [5, 5.41) is 12.5. The first kappa shape index (κ1) is 11.5. The van der Waals surface area contributed by atoms with Crippen LogP contribution >= 0.6 is 0 Å². The highest BCUT2D eigenvalue weighted by Gasteiger charge is 2.29. The second-order valence-electron chi connectivity index (χ2n) is 4.51. The molecule has 0 aromatic carbocycles. The minimum atomic E-state index is -0.634. The Morgan fingerprint density at radius 2 is 1.93 bits per heavy atom. The molecule has 14 heavy (non-hydrogen) atoms. The monoisotopic (exact) mass is 199 g/mol. The van der Waals surface area contributed by atoms with Gasteiger partial charge in [0.2, 0.25) is 0 Å². The Hall–Kier alpha value is -0.570. The van der Waals surface area contributed by atoms with Gasteiger partial charge in [0.05, 0.1) is 5.92 Å². The maximum Gasteiger partial charge on any atom is 0.308 e. The molecule has 3 nitrogen and oxygen atoms in total. The van der Waals surface area contributed by atoms with Gasteiger partial charge in [-0.1, -0.05) is 33.1 Å². The van der Waals surface area contributed by atoms with E-state index < -0.39 is 5.97 Å². The standard InChI is InChI=1S/C11H21NO2/c1-8(2)12-10-7-5-3-4-6-9(10)11(13)14/h8-10,12H,3-7H2,1-2H3,(H,13,14). The molecule has 2 unspecified atom stereocenters. The summed E-state index contributed by atoms with van der Waals surface area (Å²) in [5.41, 5.74) is 0.